The fourth-order valence-electron chi connectivity index (χ4n) is 0.610. The van der Waals surface area contributed by atoms with Crippen LogP contribution in [-0.2, 0) is 4.74 Å². The van der Waals surface area contributed by atoms with Gasteiger partial charge in [0.2, 0.25) is 0 Å². The molecule has 0 aromatic heterocycles. The number of hydrogen-bond donors (Lipinski definition) is 2. The SMILES string of the molecule is [N-]=[N+]=NCCNCCOCCO. The Morgan fingerprint density at radius 2 is 2.25 bits per heavy atom. The van der Waals surface area contributed by atoms with E-state index in [1.807, 2.05) is 0 Å². The quantitative estimate of drug-likeness (QED) is 0.233. The number of aliphatic hydroxyl groups is 1. The smallest absolute Gasteiger partial charge is 0.0698 e. The Balaban J connectivity index is 2.86. The number of nitrogens with one attached hydrogen (secondary N) is 1. The van der Waals surface area contributed by atoms with Crippen molar-refractivity contribution in [3.8, 4) is 0 Å². The molecular formula is C6H14N4O2. The summed E-state index contributed by atoms with van der Waals surface area (Å²) in [5.41, 5.74) is 7.92. The number of ether oxygens (including phenoxy) is 1. The van der Waals surface area contributed by atoms with Crippen LogP contribution in [0.1, 0.15) is 0 Å². The molecule has 0 radical (unpaired) electrons. The van der Waals surface area contributed by atoms with Gasteiger partial charge in [0.05, 0.1) is 19.8 Å². The molecule has 0 heterocycles. The van der Waals surface area contributed by atoms with Crippen LogP contribution < -0.4 is 5.32 Å². The third-order valence-electron chi connectivity index (χ3n) is 1.11. The normalized spacial score (nSPS) is 9.42. The molecule has 0 aromatic rings. The van der Waals surface area contributed by atoms with Crippen LogP contribution in [0.25, 0.3) is 10.4 Å². The van der Waals surface area contributed by atoms with Crippen LogP contribution >= 0.6 is 0 Å². The Morgan fingerprint density at radius 3 is 2.92 bits per heavy atom. The Hall–Kier alpha value is -0.810. The molecule has 6 nitrogen and oxygen atoms in total. The average molecular weight is 174 g/mol. The molecule has 0 fully saturated rings. The van der Waals surface area contributed by atoms with Gasteiger partial charge in [-0.05, 0) is 5.53 Å². The fourth-order valence-corrected chi connectivity index (χ4v) is 0.610. The number of hydrogen-bond acceptors (Lipinski definition) is 4. The number of rotatable bonds is 8. The highest BCUT2D eigenvalue weighted by molar-refractivity contribution is 4.50. The van der Waals surface area contributed by atoms with Gasteiger partial charge in [0.15, 0.2) is 0 Å². The van der Waals surface area contributed by atoms with E-state index in [0.29, 0.717) is 32.8 Å². The van der Waals surface area contributed by atoms with Gasteiger partial charge in [0.1, 0.15) is 0 Å². The Labute approximate surface area is 71.2 Å². The molecule has 12 heavy (non-hydrogen) atoms. The predicted molar refractivity (Wildman–Crippen MR) is 44.8 cm³/mol. The lowest BCUT2D eigenvalue weighted by molar-refractivity contribution is 0.0941. The van der Waals surface area contributed by atoms with Crippen molar-refractivity contribution < 1.29 is 9.84 Å². The lowest BCUT2D eigenvalue weighted by Gasteiger charge is -2.02. The summed E-state index contributed by atoms with van der Waals surface area (Å²) < 4.78 is 4.97. The third-order valence-corrected chi connectivity index (χ3v) is 1.11. The monoisotopic (exact) mass is 174 g/mol. The molecule has 0 aliphatic carbocycles. The van der Waals surface area contributed by atoms with Crippen molar-refractivity contribution in [2.45, 2.75) is 0 Å². The van der Waals surface area contributed by atoms with Crippen LogP contribution in [-0.4, -0.2) is 44.6 Å². The first-order chi connectivity index (χ1) is 5.91. The summed E-state index contributed by atoms with van der Waals surface area (Å²) in [6.45, 7) is 2.82. The molecule has 0 aliphatic rings. The molecule has 0 aliphatic heterocycles. The minimum absolute atomic E-state index is 0.0543. The van der Waals surface area contributed by atoms with Gasteiger partial charge in [0, 0.05) is 24.5 Å². The molecule has 0 bridgehead atoms. The molecule has 0 rings (SSSR count). The lowest BCUT2D eigenvalue weighted by atomic mass is 10.6. The summed E-state index contributed by atoms with van der Waals surface area (Å²) in [4.78, 5) is 2.60. The molecule has 2 N–H and O–H groups in total. The van der Waals surface area contributed by atoms with Crippen LogP contribution in [0.3, 0.4) is 0 Å². The first-order valence-corrected chi connectivity index (χ1v) is 3.82. The standard InChI is InChI=1S/C6H14N4O2/c7-10-9-2-1-8-3-5-12-6-4-11/h8,11H,1-6H2. The second-order valence-electron chi connectivity index (χ2n) is 2.04. The van der Waals surface area contributed by atoms with Gasteiger partial charge < -0.3 is 15.2 Å². The third kappa shape index (κ3) is 9.19. The van der Waals surface area contributed by atoms with Gasteiger partial charge in [-0.3, -0.25) is 0 Å². The van der Waals surface area contributed by atoms with Gasteiger partial charge in [-0.1, -0.05) is 5.11 Å². The Bertz CT molecular complexity index is 136. The van der Waals surface area contributed by atoms with Gasteiger partial charge >= 0.3 is 0 Å². The van der Waals surface area contributed by atoms with E-state index in [-0.39, 0.29) is 6.61 Å². The molecule has 0 aromatic carbocycles. The Morgan fingerprint density at radius 1 is 1.42 bits per heavy atom. The second kappa shape index (κ2) is 10.2. The van der Waals surface area contributed by atoms with Gasteiger partial charge in [-0.25, -0.2) is 0 Å². The predicted octanol–water partition coefficient (Wildman–Crippen LogP) is -0.105. The highest BCUT2D eigenvalue weighted by atomic mass is 16.5. The van der Waals surface area contributed by atoms with Crippen molar-refractivity contribution in [2.75, 3.05) is 39.5 Å². The van der Waals surface area contributed by atoms with E-state index in [1.165, 1.54) is 0 Å². The van der Waals surface area contributed by atoms with Crippen LogP contribution in [0.4, 0.5) is 0 Å². The van der Waals surface area contributed by atoms with E-state index in [0.717, 1.165) is 0 Å². The topological polar surface area (TPSA) is 90.3 Å². The second-order valence-corrected chi connectivity index (χ2v) is 2.04. The van der Waals surface area contributed by atoms with Crippen molar-refractivity contribution in [1.29, 1.82) is 0 Å². The fraction of sp³-hybridized carbons (Fsp3) is 1.00. The minimum Gasteiger partial charge on any atom is -0.394 e. The van der Waals surface area contributed by atoms with E-state index >= 15 is 0 Å². The van der Waals surface area contributed by atoms with Crippen LogP contribution in [0, 0.1) is 0 Å². The molecule has 70 valence electrons. The summed E-state index contributed by atoms with van der Waals surface area (Å²) in [5, 5.41) is 14.7. The highest BCUT2D eigenvalue weighted by Crippen LogP contribution is 1.72. The van der Waals surface area contributed by atoms with Crippen LogP contribution in [0.15, 0.2) is 5.11 Å². The van der Waals surface area contributed by atoms with Crippen molar-refractivity contribution in [2.24, 2.45) is 5.11 Å². The summed E-state index contributed by atoms with van der Waals surface area (Å²) in [6.07, 6.45) is 0. The molecule has 0 atom stereocenters. The largest absolute Gasteiger partial charge is 0.394 e. The maximum Gasteiger partial charge on any atom is 0.0698 e. The zero-order chi connectivity index (χ0) is 9.07. The molecule has 0 saturated carbocycles. The summed E-state index contributed by atoms with van der Waals surface area (Å²) in [6, 6.07) is 0. The van der Waals surface area contributed by atoms with Gasteiger partial charge in [-0.15, -0.1) is 0 Å². The average Bonchev–Trinajstić information content (AvgIpc) is 2.10. The zero-order valence-electron chi connectivity index (χ0n) is 6.94. The van der Waals surface area contributed by atoms with Gasteiger partial charge in [-0.2, -0.15) is 0 Å². The number of aliphatic hydroxyl groups excluding tert-OH is 1. The zero-order valence-corrected chi connectivity index (χ0v) is 6.94. The van der Waals surface area contributed by atoms with E-state index in [9.17, 15) is 0 Å². The molecule has 0 spiro atoms. The number of nitrogens with zero attached hydrogens (tertiary/aromatic N) is 3. The summed E-state index contributed by atoms with van der Waals surface area (Å²) in [7, 11) is 0. The first-order valence-electron chi connectivity index (χ1n) is 3.82. The minimum atomic E-state index is 0.0543. The van der Waals surface area contributed by atoms with Crippen molar-refractivity contribution >= 4 is 0 Å². The lowest BCUT2D eigenvalue weighted by Crippen LogP contribution is -2.22. The maximum atomic E-state index is 8.34. The van der Waals surface area contributed by atoms with E-state index in [4.69, 9.17) is 15.4 Å². The van der Waals surface area contributed by atoms with Crippen LogP contribution in [0.2, 0.25) is 0 Å². The van der Waals surface area contributed by atoms with Crippen molar-refractivity contribution in [1.82, 2.24) is 5.32 Å². The molecule has 0 unspecified atom stereocenters. The van der Waals surface area contributed by atoms with Crippen LogP contribution in [0.5, 0.6) is 0 Å². The first kappa shape index (κ1) is 11.2. The highest BCUT2D eigenvalue weighted by Gasteiger charge is 1.86. The molecule has 0 saturated heterocycles. The van der Waals surface area contributed by atoms with Crippen molar-refractivity contribution in [3.05, 3.63) is 10.4 Å². The maximum absolute atomic E-state index is 8.34. The molecule has 6 heteroatoms. The Kier molecular flexibility index (Phi) is 9.50. The van der Waals surface area contributed by atoms with E-state index in [1.54, 1.807) is 0 Å². The summed E-state index contributed by atoms with van der Waals surface area (Å²) in [5.74, 6) is 0. The molecular weight excluding hydrogens is 160 g/mol. The van der Waals surface area contributed by atoms with Crippen molar-refractivity contribution in [3.63, 3.8) is 0 Å². The van der Waals surface area contributed by atoms with E-state index in [2.05, 4.69) is 15.3 Å². The summed E-state index contributed by atoms with van der Waals surface area (Å²) >= 11 is 0. The molecule has 0 amide bonds. The van der Waals surface area contributed by atoms with Gasteiger partial charge in [0.25, 0.3) is 0 Å². The number of azide groups is 1. The van der Waals surface area contributed by atoms with E-state index < -0.39 is 0 Å².